The quantitative estimate of drug-likeness (QED) is 0.613. The van der Waals surface area contributed by atoms with E-state index in [-0.39, 0.29) is 34.8 Å². The molecule has 1 aliphatic rings. The van der Waals surface area contributed by atoms with Gasteiger partial charge >= 0.3 is 6.03 Å². The van der Waals surface area contributed by atoms with E-state index in [0.717, 1.165) is 38.0 Å². The number of aromatic nitrogens is 2. The summed E-state index contributed by atoms with van der Waals surface area (Å²) in [5.41, 5.74) is 2.78. The Labute approximate surface area is 187 Å². The number of imidazole rings is 1. The summed E-state index contributed by atoms with van der Waals surface area (Å²) in [4.78, 5) is 21.5. The van der Waals surface area contributed by atoms with Crippen molar-refractivity contribution >= 4 is 23.0 Å². The monoisotopic (exact) mass is 470 g/mol. The maximum absolute atomic E-state index is 12.9. The number of amides is 1. The normalized spacial score (nSPS) is 14.8. The van der Waals surface area contributed by atoms with E-state index in [4.69, 9.17) is 0 Å². The summed E-state index contributed by atoms with van der Waals surface area (Å²) in [7, 11) is 1.87. The van der Waals surface area contributed by atoms with Gasteiger partial charge in [0.05, 0.1) is 5.69 Å². The van der Waals surface area contributed by atoms with Crippen molar-refractivity contribution in [2.75, 3.05) is 20.1 Å². The van der Waals surface area contributed by atoms with Crippen LogP contribution in [0.25, 0.3) is 11.3 Å². The maximum atomic E-state index is 12.9. The summed E-state index contributed by atoms with van der Waals surface area (Å²) in [5.74, 6) is 0.183. The number of aromatic hydroxyl groups is 1. The second-order valence-corrected chi connectivity index (χ2v) is 7.60. The molecule has 158 valence electrons. The molecule has 1 aromatic heterocycles. The van der Waals surface area contributed by atoms with Crippen molar-refractivity contribution in [1.29, 1.82) is 0 Å². The molecule has 0 aliphatic carbocycles. The van der Waals surface area contributed by atoms with Crippen LogP contribution in [-0.2, 0) is 6.54 Å². The van der Waals surface area contributed by atoms with E-state index in [1.165, 1.54) is 10.1 Å². The summed E-state index contributed by atoms with van der Waals surface area (Å²) < 4.78 is 1.52. The standard InChI is InChI=1S/C23H26N4O2.BrH/c1-25(20-10-12-26(13-11-20)15-18-6-3-2-4-7-18)23(29)27-16-22(24-17-27)19-8-5-9-21(28)14-19;/h2-9,14,16-17,20,28H,10-13,15H2,1H3;1H. The first-order chi connectivity index (χ1) is 14.1. The van der Waals surface area contributed by atoms with Gasteiger partial charge in [0.1, 0.15) is 12.1 Å². The Hall–Kier alpha value is -2.64. The topological polar surface area (TPSA) is 61.6 Å². The Bertz CT molecular complexity index is 968. The van der Waals surface area contributed by atoms with Crippen molar-refractivity contribution in [3.63, 3.8) is 0 Å². The van der Waals surface area contributed by atoms with E-state index >= 15 is 0 Å². The average molecular weight is 471 g/mol. The predicted octanol–water partition coefficient (Wildman–Crippen LogP) is 4.40. The molecule has 2 heterocycles. The molecule has 0 spiro atoms. The molecule has 3 aromatic rings. The molecule has 0 bridgehead atoms. The Morgan fingerprint density at radius 3 is 2.57 bits per heavy atom. The van der Waals surface area contributed by atoms with Gasteiger partial charge in [0.25, 0.3) is 0 Å². The average Bonchev–Trinajstić information content (AvgIpc) is 3.24. The highest BCUT2D eigenvalue weighted by Gasteiger charge is 2.26. The molecule has 0 atom stereocenters. The molecule has 1 N–H and O–H groups in total. The lowest BCUT2D eigenvalue weighted by molar-refractivity contribution is 0.132. The van der Waals surface area contributed by atoms with Crippen molar-refractivity contribution < 1.29 is 9.90 Å². The van der Waals surface area contributed by atoms with Gasteiger partial charge < -0.3 is 10.0 Å². The lowest BCUT2D eigenvalue weighted by Crippen LogP contribution is -2.46. The fourth-order valence-electron chi connectivity index (χ4n) is 3.89. The minimum Gasteiger partial charge on any atom is -0.508 e. The fraction of sp³-hybridized carbons (Fsp3) is 0.304. The van der Waals surface area contributed by atoms with E-state index in [0.29, 0.717) is 5.69 Å². The Morgan fingerprint density at radius 1 is 1.13 bits per heavy atom. The number of phenolic OH excluding ortho intramolecular Hbond substituents is 1. The van der Waals surface area contributed by atoms with Crippen molar-refractivity contribution in [2.24, 2.45) is 0 Å². The first kappa shape index (κ1) is 22.1. The van der Waals surface area contributed by atoms with Crippen molar-refractivity contribution in [3.05, 3.63) is 72.7 Å². The minimum absolute atomic E-state index is 0. The minimum atomic E-state index is -0.0783. The van der Waals surface area contributed by atoms with Crippen LogP contribution in [-0.4, -0.2) is 56.7 Å². The van der Waals surface area contributed by atoms with Crippen LogP contribution in [0.1, 0.15) is 18.4 Å². The molecule has 30 heavy (non-hydrogen) atoms. The summed E-state index contributed by atoms with van der Waals surface area (Å²) in [5, 5.41) is 9.65. The van der Waals surface area contributed by atoms with Crippen LogP contribution in [0.4, 0.5) is 4.79 Å². The van der Waals surface area contributed by atoms with Crippen molar-refractivity contribution in [1.82, 2.24) is 19.4 Å². The summed E-state index contributed by atoms with van der Waals surface area (Å²) in [6, 6.07) is 17.5. The number of hydrogen-bond donors (Lipinski definition) is 1. The zero-order chi connectivity index (χ0) is 20.2. The second-order valence-electron chi connectivity index (χ2n) is 7.60. The first-order valence-corrected chi connectivity index (χ1v) is 9.97. The molecule has 2 aromatic carbocycles. The lowest BCUT2D eigenvalue weighted by Gasteiger charge is -2.36. The molecule has 0 saturated carbocycles. The summed E-state index contributed by atoms with van der Waals surface area (Å²) in [6.07, 6.45) is 5.19. The molecule has 1 fully saturated rings. The van der Waals surface area contributed by atoms with Crippen LogP contribution in [0.3, 0.4) is 0 Å². The van der Waals surface area contributed by atoms with Gasteiger partial charge in [0, 0.05) is 44.5 Å². The number of carbonyl (C=O) groups is 1. The van der Waals surface area contributed by atoms with Gasteiger partial charge in [-0.15, -0.1) is 17.0 Å². The number of piperidine rings is 1. The molecule has 4 rings (SSSR count). The third kappa shape index (κ3) is 5.09. The van der Waals surface area contributed by atoms with E-state index in [9.17, 15) is 9.90 Å². The lowest BCUT2D eigenvalue weighted by atomic mass is 10.0. The third-order valence-corrected chi connectivity index (χ3v) is 5.60. The number of nitrogens with zero attached hydrogens (tertiary/aromatic N) is 4. The summed E-state index contributed by atoms with van der Waals surface area (Å²) >= 11 is 0. The largest absolute Gasteiger partial charge is 0.508 e. The van der Waals surface area contributed by atoms with E-state index in [1.807, 2.05) is 24.1 Å². The maximum Gasteiger partial charge on any atom is 0.329 e. The van der Waals surface area contributed by atoms with Gasteiger partial charge in [-0.25, -0.2) is 9.78 Å². The highest BCUT2D eigenvalue weighted by molar-refractivity contribution is 8.93. The van der Waals surface area contributed by atoms with Crippen molar-refractivity contribution in [3.8, 4) is 17.0 Å². The Morgan fingerprint density at radius 2 is 1.87 bits per heavy atom. The molecule has 0 unspecified atom stereocenters. The SMILES string of the molecule is Br.CN(C(=O)n1cnc(-c2cccc(O)c2)c1)C1CCN(Cc2ccccc2)CC1. The number of phenols is 1. The molecule has 1 saturated heterocycles. The van der Waals surface area contributed by atoms with Crippen LogP contribution < -0.4 is 0 Å². The van der Waals surface area contributed by atoms with Gasteiger partial charge in [-0.05, 0) is 30.5 Å². The van der Waals surface area contributed by atoms with E-state index in [1.54, 1.807) is 30.7 Å². The van der Waals surface area contributed by atoms with Crippen LogP contribution in [0.2, 0.25) is 0 Å². The van der Waals surface area contributed by atoms with Gasteiger partial charge in [0.15, 0.2) is 0 Å². The number of carbonyl (C=O) groups excluding carboxylic acids is 1. The summed E-state index contributed by atoms with van der Waals surface area (Å²) in [6.45, 7) is 2.92. The number of rotatable bonds is 4. The zero-order valence-corrected chi connectivity index (χ0v) is 18.7. The van der Waals surface area contributed by atoms with Crippen LogP contribution >= 0.6 is 17.0 Å². The van der Waals surface area contributed by atoms with Gasteiger partial charge in [-0.3, -0.25) is 9.47 Å². The van der Waals surface area contributed by atoms with E-state index in [2.05, 4.69) is 34.1 Å². The first-order valence-electron chi connectivity index (χ1n) is 9.97. The van der Waals surface area contributed by atoms with Gasteiger partial charge in [-0.1, -0.05) is 42.5 Å². The zero-order valence-electron chi connectivity index (χ0n) is 17.0. The Balaban J connectivity index is 0.00000256. The molecule has 7 heteroatoms. The molecule has 1 amide bonds. The predicted molar refractivity (Wildman–Crippen MR) is 123 cm³/mol. The van der Waals surface area contributed by atoms with Gasteiger partial charge in [0.2, 0.25) is 0 Å². The third-order valence-electron chi connectivity index (χ3n) is 5.60. The van der Waals surface area contributed by atoms with Crippen LogP contribution in [0.15, 0.2) is 67.1 Å². The number of likely N-dealkylation sites (tertiary alicyclic amines) is 1. The van der Waals surface area contributed by atoms with Crippen LogP contribution in [0.5, 0.6) is 5.75 Å². The number of halogens is 1. The van der Waals surface area contributed by atoms with E-state index < -0.39 is 0 Å². The molecule has 6 nitrogen and oxygen atoms in total. The highest BCUT2D eigenvalue weighted by atomic mass is 79.9. The number of hydrogen-bond acceptors (Lipinski definition) is 4. The molecular formula is C23H27BrN4O2. The van der Waals surface area contributed by atoms with Crippen molar-refractivity contribution in [2.45, 2.75) is 25.4 Å². The molecule has 1 aliphatic heterocycles. The molecular weight excluding hydrogens is 444 g/mol. The van der Waals surface area contributed by atoms with Gasteiger partial charge in [-0.2, -0.15) is 0 Å². The highest BCUT2D eigenvalue weighted by Crippen LogP contribution is 2.22. The second kappa shape index (κ2) is 9.91. The van der Waals surface area contributed by atoms with Crippen LogP contribution in [0, 0.1) is 0 Å². The molecule has 0 radical (unpaired) electrons. The smallest absolute Gasteiger partial charge is 0.329 e. The Kier molecular flexibility index (Phi) is 7.29. The number of benzene rings is 2. The fourth-order valence-corrected chi connectivity index (χ4v) is 3.89.